The van der Waals surface area contributed by atoms with Gasteiger partial charge in [-0.3, -0.25) is 4.79 Å². The van der Waals surface area contributed by atoms with Gasteiger partial charge in [0.05, 0.1) is 6.54 Å². The minimum atomic E-state index is -0.496. The van der Waals surface area contributed by atoms with Crippen molar-refractivity contribution in [2.45, 2.75) is 13.1 Å². The molecule has 0 aliphatic rings. The Labute approximate surface area is 154 Å². The summed E-state index contributed by atoms with van der Waals surface area (Å²) in [6.07, 6.45) is 0. The lowest BCUT2D eigenvalue weighted by Gasteiger charge is -2.09. The van der Waals surface area contributed by atoms with Crippen molar-refractivity contribution in [3.63, 3.8) is 0 Å². The molecule has 0 atom stereocenters. The van der Waals surface area contributed by atoms with Gasteiger partial charge in [-0.15, -0.1) is 0 Å². The highest BCUT2D eigenvalue weighted by molar-refractivity contribution is 6.35. The first kappa shape index (κ1) is 19.0. The van der Waals surface area contributed by atoms with E-state index in [1.54, 1.807) is 30.3 Å². The van der Waals surface area contributed by atoms with Crippen LogP contribution in [0.3, 0.4) is 0 Å². The molecule has 0 saturated heterocycles. The smallest absolute Gasteiger partial charge is 0.315 e. The molecular formula is C17H16Cl2FN3O2. The zero-order valence-corrected chi connectivity index (χ0v) is 14.6. The van der Waals surface area contributed by atoms with Crippen LogP contribution in [0.15, 0.2) is 42.5 Å². The predicted octanol–water partition coefficient (Wildman–Crippen LogP) is 3.25. The van der Waals surface area contributed by atoms with Crippen LogP contribution in [0.1, 0.15) is 11.1 Å². The monoisotopic (exact) mass is 383 g/mol. The lowest BCUT2D eigenvalue weighted by molar-refractivity contribution is -0.120. The van der Waals surface area contributed by atoms with Gasteiger partial charge in [-0.2, -0.15) is 0 Å². The highest BCUT2D eigenvalue weighted by atomic mass is 35.5. The first-order chi connectivity index (χ1) is 11.9. The van der Waals surface area contributed by atoms with Crippen molar-refractivity contribution in [3.05, 3.63) is 69.5 Å². The highest BCUT2D eigenvalue weighted by Crippen LogP contribution is 2.20. The molecule has 5 nitrogen and oxygen atoms in total. The van der Waals surface area contributed by atoms with E-state index >= 15 is 0 Å². The molecule has 0 heterocycles. The summed E-state index contributed by atoms with van der Waals surface area (Å²) in [6, 6.07) is 10.2. The molecule has 8 heteroatoms. The van der Waals surface area contributed by atoms with E-state index in [0.717, 1.165) is 11.1 Å². The SMILES string of the molecule is O=C(CNC(=O)NCc1ccc(F)cc1)NCc1ccc(Cl)cc1Cl. The van der Waals surface area contributed by atoms with E-state index in [9.17, 15) is 14.0 Å². The average Bonchev–Trinajstić information content (AvgIpc) is 2.58. The summed E-state index contributed by atoms with van der Waals surface area (Å²) in [4.78, 5) is 23.4. The Morgan fingerprint density at radius 3 is 2.32 bits per heavy atom. The molecule has 2 aromatic rings. The Kier molecular flexibility index (Phi) is 7.03. The maximum Gasteiger partial charge on any atom is 0.315 e. The van der Waals surface area contributed by atoms with E-state index in [-0.39, 0.29) is 31.4 Å². The van der Waals surface area contributed by atoms with E-state index in [1.165, 1.54) is 12.1 Å². The van der Waals surface area contributed by atoms with E-state index < -0.39 is 6.03 Å². The van der Waals surface area contributed by atoms with E-state index in [0.29, 0.717) is 10.0 Å². The van der Waals surface area contributed by atoms with Crippen LogP contribution in [0.5, 0.6) is 0 Å². The second-order valence-corrected chi connectivity index (χ2v) is 6.02. The van der Waals surface area contributed by atoms with E-state index in [2.05, 4.69) is 16.0 Å². The van der Waals surface area contributed by atoms with Crippen LogP contribution in [-0.2, 0) is 17.9 Å². The van der Waals surface area contributed by atoms with Crippen LogP contribution >= 0.6 is 23.2 Å². The van der Waals surface area contributed by atoms with Gasteiger partial charge in [0.1, 0.15) is 5.82 Å². The molecule has 0 saturated carbocycles. The Morgan fingerprint density at radius 1 is 0.920 bits per heavy atom. The van der Waals surface area contributed by atoms with Crippen LogP contribution in [0.2, 0.25) is 10.0 Å². The van der Waals surface area contributed by atoms with Gasteiger partial charge in [0.25, 0.3) is 0 Å². The first-order valence-electron chi connectivity index (χ1n) is 7.41. The number of benzene rings is 2. The van der Waals surface area contributed by atoms with Crippen molar-refractivity contribution < 1.29 is 14.0 Å². The molecule has 0 spiro atoms. The Hall–Kier alpha value is -2.31. The molecular weight excluding hydrogens is 368 g/mol. The summed E-state index contributed by atoms with van der Waals surface area (Å²) < 4.78 is 12.8. The normalized spacial score (nSPS) is 10.2. The third-order valence-corrected chi connectivity index (χ3v) is 3.85. The molecule has 0 fully saturated rings. The van der Waals surface area contributed by atoms with Crippen LogP contribution < -0.4 is 16.0 Å². The summed E-state index contributed by atoms with van der Waals surface area (Å²) in [5, 5.41) is 8.62. The van der Waals surface area contributed by atoms with Gasteiger partial charge in [0, 0.05) is 23.1 Å². The van der Waals surface area contributed by atoms with Crippen molar-refractivity contribution in [1.82, 2.24) is 16.0 Å². The molecule has 2 rings (SSSR count). The Balaban J connectivity index is 1.68. The van der Waals surface area contributed by atoms with Crippen molar-refractivity contribution >= 4 is 35.1 Å². The van der Waals surface area contributed by atoms with Gasteiger partial charge < -0.3 is 16.0 Å². The molecule has 3 amide bonds. The van der Waals surface area contributed by atoms with Gasteiger partial charge in [-0.25, -0.2) is 9.18 Å². The third-order valence-electron chi connectivity index (χ3n) is 3.27. The summed E-state index contributed by atoms with van der Waals surface area (Å²) in [6.45, 7) is 0.280. The highest BCUT2D eigenvalue weighted by Gasteiger charge is 2.07. The number of hydrogen-bond acceptors (Lipinski definition) is 2. The van der Waals surface area contributed by atoms with Crippen LogP contribution in [-0.4, -0.2) is 18.5 Å². The number of carbonyl (C=O) groups is 2. The summed E-state index contributed by atoms with van der Waals surface area (Å²) in [7, 11) is 0. The predicted molar refractivity (Wildman–Crippen MR) is 94.9 cm³/mol. The van der Waals surface area contributed by atoms with Gasteiger partial charge in [0.2, 0.25) is 5.91 Å². The van der Waals surface area contributed by atoms with Gasteiger partial charge in [-0.1, -0.05) is 41.4 Å². The lowest BCUT2D eigenvalue weighted by atomic mass is 10.2. The second kappa shape index (κ2) is 9.25. The number of nitrogens with one attached hydrogen (secondary N) is 3. The first-order valence-corrected chi connectivity index (χ1v) is 8.16. The van der Waals surface area contributed by atoms with Gasteiger partial charge in [0.15, 0.2) is 0 Å². The Bertz CT molecular complexity index is 754. The summed E-state index contributed by atoms with van der Waals surface area (Å²) in [5.74, 6) is -0.700. The maximum absolute atomic E-state index is 12.8. The number of urea groups is 1. The van der Waals surface area contributed by atoms with Gasteiger partial charge in [-0.05, 0) is 35.4 Å². The number of amides is 3. The van der Waals surface area contributed by atoms with Crippen molar-refractivity contribution in [3.8, 4) is 0 Å². The zero-order valence-electron chi connectivity index (χ0n) is 13.1. The largest absolute Gasteiger partial charge is 0.350 e. The molecule has 0 aliphatic heterocycles. The average molecular weight is 384 g/mol. The van der Waals surface area contributed by atoms with Crippen molar-refractivity contribution in [2.24, 2.45) is 0 Å². The molecule has 0 bridgehead atoms. The molecule has 132 valence electrons. The van der Waals surface area contributed by atoms with Crippen LogP contribution in [0.25, 0.3) is 0 Å². The number of halogens is 3. The molecule has 0 radical (unpaired) electrons. The van der Waals surface area contributed by atoms with Gasteiger partial charge >= 0.3 is 6.03 Å². The number of carbonyl (C=O) groups excluding carboxylic acids is 2. The fourth-order valence-corrected chi connectivity index (χ4v) is 2.40. The molecule has 2 aromatic carbocycles. The molecule has 0 aliphatic carbocycles. The lowest BCUT2D eigenvalue weighted by Crippen LogP contribution is -2.41. The molecule has 0 aromatic heterocycles. The fourth-order valence-electron chi connectivity index (χ4n) is 1.93. The Morgan fingerprint density at radius 2 is 1.64 bits per heavy atom. The second-order valence-electron chi connectivity index (χ2n) is 5.18. The topological polar surface area (TPSA) is 70.2 Å². The van der Waals surface area contributed by atoms with E-state index in [1.807, 2.05) is 0 Å². The van der Waals surface area contributed by atoms with Crippen LogP contribution in [0.4, 0.5) is 9.18 Å². The van der Waals surface area contributed by atoms with Crippen molar-refractivity contribution in [2.75, 3.05) is 6.54 Å². The number of rotatable bonds is 6. The molecule has 3 N–H and O–H groups in total. The summed E-state index contributed by atoms with van der Waals surface area (Å²) >= 11 is 11.8. The third kappa shape index (κ3) is 6.60. The maximum atomic E-state index is 12.8. The fraction of sp³-hybridized carbons (Fsp3) is 0.176. The molecule has 25 heavy (non-hydrogen) atoms. The van der Waals surface area contributed by atoms with Crippen LogP contribution in [0, 0.1) is 5.82 Å². The molecule has 0 unspecified atom stereocenters. The minimum Gasteiger partial charge on any atom is -0.350 e. The van der Waals surface area contributed by atoms with Crippen molar-refractivity contribution in [1.29, 1.82) is 0 Å². The quantitative estimate of drug-likeness (QED) is 0.716. The minimum absolute atomic E-state index is 0.180. The standard InChI is InChI=1S/C17H16Cl2FN3O2/c18-13-4-3-12(15(19)7-13)9-21-16(24)10-23-17(25)22-8-11-1-5-14(20)6-2-11/h1-7H,8-10H2,(H,21,24)(H2,22,23,25). The van der Waals surface area contributed by atoms with E-state index in [4.69, 9.17) is 23.2 Å². The zero-order chi connectivity index (χ0) is 18.2. The summed E-state index contributed by atoms with van der Waals surface area (Å²) in [5.41, 5.74) is 1.47. The number of hydrogen-bond donors (Lipinski definition) is 3.